The molecule has 90 valence electrons. The molecule has 0 spiro atoms. The fourth-order valence-electron chi connectivity index (χ4n) is 1.94. The van der Waals surface area contributed by atoms with Crippen LogP contribution in [0.4, 0.5) is 20.2 Å². The third-order valence-electron chi connectivity index (χ3n) is 2.86. The molecule has 1 heterocycles. The third-order valence-corrected chi connectivity index (χ3v) is 2.86. The number of hydrogen-bond acceptors (Lipinski definition) is 2. The van der Waals surface area contributed by atoms with E-state index in [1.54, 1.807) is 6.08 Å². The summed E-state index contributed by atoms with van der Waals surface area (Å²) < 4.78 is 26.8. The molecule has 0 aliphatic carbocycles. The number of rotatable bonds is 2. The van der Waals surface area contributed by atoms with Crippen LogP contribution in [0.15, 0.2) is 24.8 Å². The Hall–Kier alpha value is -1.91. The Kier molecular flexibility index (Phi) is 2.83. The predicted octanol–water partition coefficient (Wildman–Crippen LogP) is 2.09. The van der Waals surface area contributed by atoms with Gasteiger partial charge < -0.3 is 10.6 Å². The molecule has 3 nitrogen and oxygen atoms in total. The van der Waals surface area contributed by atoms with Gasteiger partial charge in [0, 0.05) is 18.9 Å². The van der Waals surface area contributed by atoms with Gasteiger partial charge in [0.1, 0.15) is 5.69 Å². The molecule has 0 saturated carbocycles. The van der Waals surface area contributed by atoms with E-state index < -0.39 is 11.6 Å². The lowest BCUT2D eigenvalue weighted by Crippen LogP contribution is -2.26. The maximum Gasteiger partial charge on any atom is 0.227 e. The summed E-state index contributed by atoms with van der Waals surface area (Å²) in [6, 6.07) is 2.20. The maximum atomic E-state index is 13.6. The Morgan fingerprint density at radius 3 is 2.76 bits per heavy atom. The smallest absolute Gasteiger partial charge is 0.227 e. The summed E-state index contributed by atoms with van der Waals surface area (Å²) >= 11 is 0. The van der Waals surface area contributed by atoms with Gasteiger partial charge in [-0.2, -0.15) is 0 Å². The molecule has 5 heteroatoms. The van der Waals surface area contributed by atoms with Crippen LogP contribution in [0.25, 0.3) is 0 Å². The van der Waals surface area contributed by atoms with E-state index in [1.807, 2.05) is 0 Å². The first kappa shape index (κ1) is 11.6. The molecule has 17 heavy (non-hydrogen) atoms. The molecule has 2 rings (SSSR count). The lowest BCUT2D eigenvalue weighted by molar-refractivity contribution is -0.117. The molecule has 1 fully saturated rings. The summed E-state index contributed by atoms with van der Waals surface area (Å²) in [6.07, 6.45) is 1.88. The average molecular weight is 238 g/mol. The first-order valence-corrected chi connectivity index (χ1v) is 5.21. The van der Waals surface area contributed by atoms with Gasteiger partial charge in [0.15, 0.2) is 11.6 Å². The molecule has 1 aliphatic heterocycles. The number of carbonyl (C=O) groups is 1. The zero-order valence-electron chi connectivity index (χ0n) is 9.12. The van der Waals surface area contributed by atoms with Crippen LogP contribution in [-0.2, 0) is 4.79 Å². The van der Waals surface area contributed by atoms with Crippen LogP contribution < -0.4 is 10.6 Å². The number of halogens is 2. The summed E-state index contributed by atoms with van der Waals surface area (Å²) in [5.74, 6) is -2.41. The first-order chi connectivity index (χ1) is 8.04. The van der Waals surface area contributed by atoms with Gasteiger partial charge in [0.25, 0.3) is 0 Å². The molecule has 1 atom stereocenters. The van der Waals surface area contributed by atoms with Crippen LogP contribution in [0.5, 0.6) is 0 Å². The molecule has 1 unspecified atom stereocenters. The van der Waals surface area contributed by atoms with Crippen molar-refractivity contribution in [3.05, 3.63) is 36.4 Å². The van der Waals surface area contributed by atoms with Crippen molar-refractivity contribution in [3.63, 3.8) is 0 Å². The molecule has 0 aromatic heterocycles. The number of nitrogens with zero attached hydrogens (tertiary/aromatic N) is 1. The van der Waals surface area contributed by atoms with E-state index in [0.29, 0.717) is 0 Å². The second-order valence-electron chi connectivity index (χ2n) is 4.00. The Labute approximate surface area is 97.5 Å². The molecule has 0 bridgehead atoms. The molecule has 0 radical (unpaired) electrons. The third kappa shape index (κ3) is 1.88. The van der Waals surface area contributed by atoms with Crippen LogP contribution in [0.1, 0.15) is 6.42 Å². The number of nitrogens with two attached hydrogens (primary N) is 1. The molecule has 1 aromatic rings. The summed E-state index contributed by atoms with van der Waals surface area (Å²) in [6.45, 7) is 3.87. The summed E-state index contributed by atoms with van der Waals surface area (Å²) in [4.78, 5) is 12.9. The van der Waals surface area contributed by atoms with Crippen molar-refractivity contribution in [1.29, 1.82) is 0 Å². The van der Waals surface area contributed by atoms with Crippen molar-refractivity contribution in [1.82, 2.24) is 0 Å². The number of hydrogen-bond donors (Lipinski definition) is 1. The van der Waals surface area contributed by atoms with Crippen molar-refractivity contribution >= 4 is 17.3 Å². The van der Waals surface area contributed by atoms with E-state index in [4.69, 9.17) is 5.73 Å². The minimum atomic E-state index is -1.08. The summed E-state index contributed by atoms with van der Waals surface area (Å²) in [7, 11) is 0. The lowest BCUT2D eigenvalue weighted by atomic mass is 10.1. The molecular weight excluding hydrogens is 226 g/mol. The van der Waals surface area contributed by atoms with E-state index in [-0.39, 0.29) is 36.2 Å². The van der Waals surface area contributed by atoms with E-state index >= 15 is 0 Å². The number of nitrogen functional groups attached to an aromatic ring is 1. The Balaban J connectivity index is 2.44. The van der Waals surface area contributed by atoms with Crippen LogP contribution in [-0.4, -0.2) is 12.5 Å². The zero-order chi connectivity index (χ0) is 12.6. The largest absolute Gasteiger partial charge is 0.397 e. The summed E-state index contributed by atoms with van der Waals surface area (Å²) in [5.41, 5.74) is 5.48. The van der Waals surface area contributed by atoms with Crippen LogP contribution >= 0.6 is 0 Å². The van der Waals surface area contributed by atoms with Crippen LogP contribution in [0, 0.1) is 17.6 Å². The van der Waals surface area contributed by atoms with Gasteiger partial charge in [-0.15, -0.1) is 6.58 Å². The second kappa shape index (κ2) is 4.16. The van der Waals surface area contributed by atoms with Gasteiger partial charge in [0.05, 0.1) is 5.69 Å². The quantitative estimate of drug-likeness (QED) is 0.633. The van der Waals surface area contributed by atoms with Gasteiger partial charge in [-0.05, 0) is 12.1 Å². The van der Waals surface area contributed by atoms with E-state index in [0.717, 1.165) is 6.07 Å². The van der Waals surface area contributed by atoms with Crippen molar-refractivity contribution in [2.45, 2.75) is 6.42 Å². The minimum Gasteiger partial charge on any atom is -0.397 e. The highest BCUT2D eigenvalue weighted by molar-refractivity contribution is 5.98. The second-order valence-corrected chi connectivity index (χ2v) is 4.00. The minimum absolute atomic E-state index is 0.0513. The molecular formula is C12H12F2N2O. The number of carbonyl (C=O) groups excluding carboxylic acids is 1. The molecule has 1 aromatic carbocycles. The van der Waals surface area contributed by atoms with Gasteiger partial charge in [-0.1, -0.05) is 6.08 Å². The van der Waals surface area contributed by atoms with E-state index in [9.17, 15) is 13.6 Å². The average Bonchev–Trinajstić information content (AvgIpc) is 2.66. The van der Waals surface area contributed by atoms with E-state index in [2.05, 4.69) is 6.58 Å². The number of anilines is 2. The number of amides is 1. The lowest BCUT2D eigenvalue weighted by Gasteiger charge is -2.19. The van der Waals surface area contributed by atoms with Crippen molar-refractivity contribution < 1.29 is 13.6 Å². The Bertz CT molecular complexity index is 488. The van der Waals surface area contributed by atoms with Crippen LogP contribution in [0.3, 0.4) is 0 Å². The normalized spacial score (nSPS) is 19.8. The molecule has 1 saturated heterocycles. The Morgan fingerprint density at radius 1 is 1.47 bits per heavy atom. The fraction of sp³-hybridized carbons (Fsp3) is 0.250. The van der Waals surface area contributed by atoms with Gasteiger partial charge >= 0.3 is 0 Å². The van der Waals surface area contributed by atoms with Crippen molar-refractivity contribution in [2.75, 3.05) is 17.2 Å². The highest BCUT2D eigenvalue weighted by atomic mass is 19.2. The Morgan fingerprint density at radius 2 is 2.18 bits per heavy atom. The monoisotopic (exact) mass is 238 g/mol. The fourth-order valence-corrected chi connectivity index (χ4v) is 1.94. The van der Waals surface area contributed by atoms with E-state index in [1.165, 1.54) is 11.0 Å². The molecule has 2 N–H and O–H groups in total. The molecule has 1 aliphatic rings. The van der Waals surface area contributed by atoms with Gasteiger partial charge in [-0.25, -0.2) is 8.78 Å². The molecule has 1 amide bonds. The standard InChI is InChI=1S/C12H12F2N2O/c1-2-7-5-10(17)16(6-7)12-9(15)4-3-8(13)11(12)14/h2-4,7H,1,5-6,15H2. The highest BCUT2D eigenvalue weighted by Crippen LogP contribution is 2.33. The predicted molar refractivity (Wildman–Crippen MR) is 61.4 cm³/mol. The van der Waals surface area contributed by atoms with Crippen LogP contribution in [0.2, 0.25) is 0 Å². The van der Waals surface area contributed by atoms with Crippen molar-refractivity contribution in [3.8, 4) is 0 Å². The number of benzene rings is 1. The topological polar surface area (TPSA) is 46.3 Å². The van der Waals surface area contributed by atoms with Gasteiger partial charge in [0.2, 0.25) is 5.91 Å². The van der Waals surface area contributed by atoms with Gasteiger partial charge in [-0.3, -0.25) is 4.79 Å². The van der Waals surface area contributed by atoms with Crippen molar-refractivity contribution in [2.24, 2.45) is 5.92 Å². The maximum absolute atomic E-state index is 13.6. The first-order valence-electron chi connectivity index (χ1n) is 5.21. The zero-order valence-corrected chi connectivity index (χ0v) is 9.12. The summed E-state index contributed by atoms with van der Waals surface area (Å²) in [5, 5.41) is 0. The SMILES string of the molecule is C=CC1CC(=O)N(c2c(N)ccc(F)c2F)C1. The highest BCUT2D eigenvalue weighted by Gasteiger charge is 2.32.